The molecule has 4 aromatic carbocycles. The molecule has 114 valence electrons. The Morgan fingerprint density at radius 1 is 0.708 bits per heavy atom. The lowest BCUT2D eigenvalue weighted by Crippen LogP contribution is -2.32. The third kappa shape index (κ3) is 2.11. The van der Waals surface area contributed by atoms with Gasteiger partial charge in [-0.1, -0.05) is 72.0 Å². The van der Waals surface area contributed by atoms with Crippen LogP contribution in [-0.4, -0.2) is 0 Å². The molecule has 1 nitrogen and oxygen atoms in total. The molecule has 0 saturated heterocycles. The van der Waals surface area contributed by atoms with E-state index in [0.29, 0.717) is 0 Å². The van der Waals surface area contributed by atoms with Gasteiger partial charge in [0.25, 0.3) is 0 Å². The number of thiazole rings is 1. The third-order valence-electron chi connectivity index (χ3n) is 4.69. The number of para-hydroxylation sites is 1. The van der Waals surface area contributed by atoms with Gasteiger partial charge in [-0.15, -0.1) is 0 Å². The minimum absolute atomic E-state index is 0.895. The minimum atomic E-state index is 0.895. The lowest BCUT2D eigenvalue weighted by Gasteiger charge is -2.09. The first kappa shape index (κ1) is 13.7. The first-order valence-electron chi connectivity index (χ1n) is 8.15. The fraction of sp³-hybridized carbons (Fsp3) is 0.0455. The highest BCUT2D eigenvalue weighted by Gasteiger charge is 2.16. The first-order valence-corrected chi connectivity index (χ1v) is 9.03. The van der Waals surface area contributed by atoms with Crippen molar-refractivity contribution in [1.82, 2.24) is 0 Å². The van der Waals surface area contributed by atoms with E-state index < -0.39 is 0 Å². The predicted molar refractivity (Wildman–Crippen MR) is 103 cm³/mol. The zero-order valence-electron chi connectivity index (χ0n) is 13.1. The number of hydrogen-bond donors (Lipinski definition) is 0. The van der Waals surface area contributed by atoms with Gasteiger partial charge in [-0.25, -0.2) is 0 Å². The van der Waals surface area contributed by atoms with Crippen LogP contribution in [0.4, 0.5) is 0 Å². The third-order valence-corrected chi connectivity index (χ3v) is 5.65. The largest absolute Gasteiger partial charge is 0.226 e. The molecule has 0 unspecified atom stereocenters. The Hall–Kier alpha value is -2.71. The number of hydrogen-bond acceptors (Lipinski definition) is 1. The highest BCUT2D eigenvalue weighted by molar-refractivity contribution is 7.16. The lowest BCUT2D eigenvalue weighted by atomic mass is 9.96. The number of aromatic nitrogens is 1. The van der Waals surface area contributed by atoms with E-state index >= 15 is 0 Å². The zero-order valence-corrected chi connectivity index (χ0v) is 14.0. The SMILES string of the molecule is c1ccc2c(C[n+]3csc4ccccc43)c3ccccc3cc2c1. The van der Waals surface area contributed by atoms with Crippen LogP contribution in [0.1, 0.15) is 5.56 Å². The van der Waals surface area contributed by atoms with Crippen LogP contribution in [-0.2, 0) is 6.54 Å². The molecular weight excluding hydrogens is 310 g/mol. The van der Waals surface area contributed by atoms with Crippen LogP contribution < -0.4 is 4.57 Å². The van der Waals surface area contributed by atoms with E-state index in [4.69, 9.17) is 0 Å². The van der Waals surface area contributed by atoms with E-state index in [1.807, 2.05) is 0 Å². The maximum Gasteiger partial charge on any atom is 0.226 e. The minimum Gasteiger partial charge on any atom is -0.184 e. The Balaban J connectivity index is 1.80. The molecule has 0 N–H and O–H groups in total. The molecule has 2 heteroatoms. The van der Waals surface area contributed by atoms with E-state index in [0.717, 1.165) is 6.54 Å². The molecule has 0 saturated carbocycles. The van der Waals surface area contributed by atoms with Gasteiger partial charge >= 0.3 is 0 Å². The molecule has 5 aromatic rings. The molecule has 5 rings (SSSR count). The topological polar surface area (TPSA) is 3.88 Å². The van der Waals surface area contributed by atoms with Crippen molar-refractivity contribution < 1.29 is 4.57 Å². The van der Waals surface area contributed by atoms with Crippen molar-refractivity contribution in [3.63, 3.8) is 0 Å². The smallest absolute Gasteiger partial charge is 0.184 e. The zero-order chi connectivity index (χ0) is 15.9. The average Bonchev–Trinajstić information content (AvgIpc) is 3.05. The molecule has 1 heterocycles. The molecular formula is C22H16NS+. The van der Waals surface area contributed by atoms with Crippen molar-refractivity contribution in [2.24, 2.45) is 0 Å². The van der Waals surface area contributed by atoms with Crippen LogP contribution in [0.3, 0.4) is 0 Å². The van der Waals surface area contributed by atoms with Gasteiger partial charge in [-0.05, 0) is 33.7 Å². The summed E-state index contributed by atoms with van der Waals surface area (Å²) in [5.74, 6) is 0. The second kappa shape index (κ2) is 5.43. The monoisotopic (exact) mass is 326 g/mol. The average molecular weight is 326 g/mol. The summed E-state index contributed by atoms with van der Waals surface area (Å²) in [5.41, 5.74) is 4.94. The molecule has 0 bridgehead atoms. The van der Waals surface area contributed by atoms with Crippen molar-refractivity contribution in [3.8, 4) is 0 Å². The number of rotatable bonds is 2. The fourth-order valence-corrected chi connectivity index (χ4v) is 4.43. The molecule has 1 aromatic heterocycles. The Labute approximate surface area is 144 Å². The fourth-order valence-electron chi connectivity index (χ4n) is 3.54. The summed E-state index contributed by atoms with van der Waals surface area (Å²) >= 11 is 1.81. The van der Waals surface area contributed by atoms with Gasteiger partial charge in [0.1, 0.15) is 4.70 Å². The Kier molecular flexibility index (Phi) is 3.10. The highest BCUT2D eigenvalue weighted by Crippen LogP contribution is 2.29. The van der Waals surface area contributed by atoms with Crippen LogP contribution in [0.2, 0.25) is 0 Å². The Morgan fingerprint density at radius 3 is 2.08 bits per heavy atom. The van der Waals surface area contributed by atoms with Crippen LogP contribution in [0.5, 0.6) is 0 Å². The maximum absolute atomic E-state index is 2.37. The second-order valence-corrected chi connectivity index (χ2v) is 7.00. The molecule has 0 aliphatic heterocycles. The lowest BCUT2D eigenvalue weighted by molar-refractivity contribution is -0.657. The summed E-state index contributed by atoms with van der Waals surface area (Å²) in [5, 5.41) is 5.32. The van der Waals surface area contributed by atoms with Crippen molar-refractivity contribution in [3.05, 3.63) is 89.9 Å². The van der Waals surface area contributed by atoms with Crippen molar-refractivity contribution in [2.75, 3.05) is 0 Å². The maximum atomic E-state index is 2.37. The number of nitrogens with zero attached hydrogens (tertiary/aromatic N) is 1. The molecule has 0 aliphatic carbocycles. The summed E-state index contributed by atoms with van der Waals surface area (Å²) in [6.45, 7) is 0.895. The normalized spacial score (nSPS) is 11.5. The Morgan fingerprint density at radius 2 is 1.33 bits per heavy atom. The standard InChI is InChI=1S/C22H16NS/c1-3-9-18-16(7-1)13-17-8-2-4-10-19(17)20(18)14-23-15-24-22-12-6-5-11-21(22)23/h1-13,15H,14H2/q+1. The van der Waals surface area contributed by atoms with Crippen molar-refractivity contribution in [1.29, 1.82) is 0 Å². The van der Waals surface area contributed by atoms with Gasteiger partial charge in [-0.3, -0.25) is 0 Å². The highest BCUT2D eigenvalue weighted by atomic mass is 32.1. The van der Waals surface area contributed by atoms with Gasteiger partial charge < -0.3 is 0 Å². The predicted octanol–water partition coefficient (Wildman–Crippen LogP) is 5.54. The van der Waals surface area contributed by atoms with Gasteiger partial charge in [0.05, 0.1) is 0 Å². The van der Waals surface area contributed by atoms with Crippen LogP contribution >= 0.6 is 11.3 Å². The van der Waals surface area contributed by atoms with E-state index in [2.05, 4.69) is 88.9 Å². The van der Waals surface area contributed by atoms with E-state index in [9.17, 15) is 0 Å². The first-order chi connectivity index (χ1) is 11.9. The second-order valence-electron chi connectivity index (χ2n) is 6.12. The quantitative estimate of drug-likeness (QED) is 0.296. The van der Waals surface area contributed by atoms with Crippen molar-refractivity contribution in [2.45, 2.75) is 6.54 Å². The van der Waals surface area contributed by atoms with E-state index in [-0.39, 0.29) is 0 Å². The van der Waals surface area contributed by atoms with Crippen LogP contribution in [0.25, 0.3) is 31.8 Å². The molecule has 0 fully saturated rings. The van der Waals surface area contributed by atoms with Crippen LogP contribution in [0, 0.1) is 0 Å². The number of benzene rings is 4. The van der Waals surface area contributed by atoms with Crippen LogP contribution in [0.15, 0.2) is 84.4 Å². The molecule has 0 amide bonds. The summed E-state index contributed by atoms with van der Waals surface area (Å²) in [4.78, 5) is 0. The summed E-state index contributed by atoms with van der Waals surface area (Å²) in [6, 6.07) is 28.3. The molecule has 0 aliphatic rings. The molecule has 0 radical (unpaired) electrons. The summed E-state index contributed by atoms with van der Waals surface area (Å²) in [7, 11) is 0. The van der Waals surface area contributed by atoms with Gasteiger partial charge in [0.15, 0.2) is 6.54 Å². The van der Waals surface area contributed by atoms with Crippen molar-refractivity contribution >= 4 is 43.1 Å². The van der Waals surface area contributed by atoms with Gasteiger partial charge in [0, 0.05) is 11.6 Å². The molecule has 0 spiro atoms. The van der Waals surface area contributed by atoms with Gasteiger partial charge in [0.2, 0.25) is 11.0 Å². The summed E-state index contributed by atoms with van der Waals surface area (Å²) in [6.07, 6.45) is 0. The molecule has 0 atom stereocenters. The van der Waals surface area contributed by atoms with Gasteiger partial charge in [-0.2, -0.15) is 4.57 Å². The van der Waals surface area contributed by atoms with E-state index in [1.165, 1.54) is 37.3 Å². The Bertz CT molecular complexity index is 1130. The van der Waals surface area contributed by atoms with E-state index in [1.54, 1.807) is 11.3 Å². The summed E-state index contributed by atoms with van der Waals surface area (Å²) < 4.78 is 3.70. The number of fused-ring (bicyclic) bond motifs is 3. The molecule has 24 heavy (non-hydrogen) atoms.